The van der Waals surface area contributed by atoms with Gasteiger partial charge in [-0.25, -0.2) is 0 Å². The van der Waals surface area contributed by atoms with Crippen molar-refractivity contribution in [2.75, 3.05) is 0 Å². The highest BCUT2D eigenvalue weighted by Gasteiger charge is 2.01. The SMILES string of the molecule is Cc1oc(CO)cc1Cl. The van der Waals surface area contributed by atoms with Crippen LogP contribution in [0.2, 0.25) is 5.02 Å². The Bertz CT molecular complexity index is 185. The van der Waals surface area contributed by atoms with Crippen molar-refractivity contribution in [2.45, 2.75) is 13.5 Å². The van der Waals surface area contributed by atoms with Crippen LogP contribution in [0.25, 0.3) is 0 Å². The summed E-state index contributed by atoms with van der Waals surface area (Å²) in [5.41, 5.74) is 0. The van der Waals surface area contributed by atoms with Crippen LogP contribution in [0.15, 0.2) is 10.5 Å². The highest BCUT2D eigenvalue weighted by atomic mass is 35.5. The average molecular weight is 147 g/mol. The van der Waals surface area contributed by atoms with E-state index in [0.717, 1.165) is 0 Å². The summed E-state index contributed by atoms with van der Waals surface area (Å²) in [5, 5.41) is 9.09. The average Bonchev–Trinajstić information content (AvgIpc) is 2.13. The van der Waals surface area contributed by atoms with E-state index in [1.807, 2.05) is 0 Å². The molecule has 50 valence electrons. The van der Waals surface area contributed by atoms with Gasteiger partial charge in [0, 0.05) is 6.07 Å². The molecule has 1 aromatic rings. The molecule has 0 unspecified atom stereocenters. The summed E-state index contributed by atoms with van der Waals surface area (Å²) in [6, 6.07) is 1.61. The normalized spacial score (nSPS) is 10.1. The van der Waals surface area contributed by atoms with E-state index in [9.17, 15) is 0 Å². The van der Waals surface area contributed by atoms with Gasteiger partial charge in [0.1, 0.15) is 18.1 Å². The molecule has 2 nitrogen and oxygen atoms in total. The van der Waals surface area contributed by atoms with Crippen molar-refractivity contribution >= 4 is 11.6 Å². The maximum Gasteiger partial charge on any atom is 0.131 e. The minimum absolute atomic E-state index is 0.0897. The molecule has 0 aliphatic rings. The minimum Gasteiger partial charge on any atom is -0.462 e. The van der Waals surface area contributed by atoms with Crippen LogP contribution in [0.5, 0.6) is 0 Å². The molecule has 0 bridgehead atoms. The first-order valence-electron chi connectivity index (χ1n) is 2.59. The smallest absolute Gasteiger partial charge is 0.131 e. The second-order valence-electron chi connectivity index (χ2n) is 1.77. The van der Waals surface area contributed by atoms with Crippen molar-refractivity contribution in [3.8, 4) is 0 Å². The van der Waals surface area contributed by atoms with Crippen LogP contribution in [-0.4, -0.2) is 5.11 Å². The lowest BCUT2D eigenvalue weighted by Gasteiger charge is -1.82. The molecule has 1 aromatic heterocycles. The molecule has 0 atom stereocenters. The zero-order valence-corrected chi connectivity index (χ0v) is 5.77. The number of hydrogen-bond donors (Lipinski definition) is 1. The Morgan fingerprint density at radius 3 is 2.67 bits per heavy atom. The molecule has 3 heteroatoms. The maximum absolute atomic E-state index is 8.52. The van der Waals surface area contributed by atoms with Crippen molar-refractivity contribution in [3.05, 3.63) is 22.6 Å². The van der Waals surface area contributed by atoms with E-state index in [1.165, 1.54) is 0 Å². The highest BCUT2D eigenvalue weighted by Crippen LogP contribution is 2.19. The zero-order chi connectivity index (χ0) is 6.85. The summed E-state index contributed by atoms with van der Waals surface area (Å²) in [5.74, 6) is 1.17. The zero-order valence-electron chi connectivity index (χ0n) is 5.02. The Morgan fingerprint density at radius 2 is 2.44 bits per heavy atom. The molecule has 0 radical (unpaired) electrons. The van der Waals surface area contributed by atoms with E-state index in [0.29, 0.717) is 16.5 Å². The standard InChI is InChI=1S/C6H7ClO2/c1-4-6(7)2-5(3-8)9-4/h2,8H,3H2,1H3. The third-order valence-corrected chi connectivity index (χ3v) is 1.44. The summed E-state index contributed by atoms with van der Waals surface area (Å²) in [4.78, 5) is 0. The third-order valence-electron chi connectivity index (χ3n) is 1.06. The van der Waals surface area contributed by atoms with E-state index < -0.39 is 0 Å². The first-order valence-corrected chi connectivity index (χ1v) is 2.97. The van der Waals surface area contributed by atoms with E-state index in [1.54, 1.807) is 13.0 Å². The van der Waals surface area contributed by atoms with Crippen molar-refractivity contribution in [3.63, 3.8) is 0 Å². The van der Waals surface area contributed by atoms with Crippen LogP contribution in [0.4, 0.5) is 0 Å². The van der Waals surface area contributed by atoms with Crippen LogP contribution in [0, 0.1) is 6.92 Å². The predicted molar refractivity (Wildman–Crippen MR) is 34.4 cm³/mol. The molecular weight excluding hydrogens is 140 g/mol. The van der Waals surface area contributed by atoms with Gasteiger partial charge < -0.3 is 9.52 Å². The predicted octanol–water partition coefficient (Wildman–Crippen LogP) is 1.73. The molecule has 0 fully saturated rings. The first-order chi connectivity index (χ1) is 4.24. The van der Waals surface area contributed by atoms with Crippen molar-refractivity contribution in [1.29, 1.82) is 0 Å². The van der Waals surface area contributed by atoms with Gasteiger partial charge >= 0.3 is 0 Å². The van der Waals surface area contributed by atoms with Gasteiger partial charge in [-0.1, -0.05) is 11.6 Å². The fourth-order valence-electron chi connectivity index (χ4n) is 0.596. The Kier molecular flexibility index (Phi) is 1.78. The fraction of sp³-hybridized carbons (Fsp3) is 0.333. The number of aryl methyl sites for hydroxylation is 1. The molecule has 1 heterocycles. The monoisotopic (exact) mass is 146 g/mol. The molecular formula is C6H7ClO2. The molecule has 0 aliphatic carbocycles. The van der Waals surface area contributed by atoms with Crippen molar-refractivity contribution in [1.82, 2.24) is 0 Å². The van der Waals surface area contributed by atoms with E-state index in [-0.39, 0.29) is 6.61 Å². The second-order valence-corrected chi connectivity index (χ2v) is 2.18. The number of halogens is 1. The lowest BCUT2D eigenvalue weighted by atomic mass is 10.4. The molecule has 0 saturated heterocycles. The molecule has 0 amide bonds. The van der Waals surface area contributed by atoms with Gasteiger partial charge in [-0.05, 0) is 6.92 Å². The van der Waals surface area contributed by atoms with E-state index in [4.69, 9.17) is 21.1 Å². The number of hydrogen-bond acceptors (Lipinski definition) is 2. The molecule has 0 spiro atoms. The van der Waals surface area contributed by atoms with Gasteiger partial charge in [0.25, 0.3) is 0 Å². The van der Waals surface area contributed by atoms with Crippen molar-refractivity contribution < 1.29 is 9.52 Å². The van der Waals surface area contributed by atoms with Crippen LogP contribution in [0.1, 0.15) is 11.5 Å². The number of aliphatic hydroxyl groups excluding tert-OH is 1. The Labute approximate surface area is 58.1 Å². The van der Waals surface area contributed by atoms with Crippen LogP contribution in [-0.2, 0) is 6.61 Å². The summed E-state index contributed by atoms with van der Waals surface area (Å²) in [6.45, 7) is 1.66. The molecule has 0 aromatic carbocycles. The van der Waals surface area contributed by atoms with Gasteiger partial charge in [-0.3, -0.25) is 0 Å². The Hall–Kier alpha value is -0.470. The number of aliphatic hydroxyl groups is 1. The van der Waals surface area contributed by atoms with Crippen LogP contribution < -0.4 is 0 Å². The largest absolute Gasteiger partial charge is 0.462 e. The lowest BCUT2D eigenvalue weighted by molar-refractivity contribution is 0.245. The summed E-state index contributed by atoms with van der Waals surface area (Å²) in [7, 11) is 0. The number of rotatable bonds is 1. The van der Waals surface area contributed by atoms with E-state index in [2.05, 4.69) is 0 Å². The molecule has 0 aliphatic heterocycles. The quantitative estimate of drug-likeness (QED) is 0.655. The van der Waals surface area contributed by atoms with Gasteiger partial charge in [-0.15, -0.1) is 0 Å². The third kappa shape index (κ3) is 1.26. The molecule has 1 N–H and O–H groups in total. The summed E-state index contributed by atoms with van der Waals surface area (Å²) < 4.78 is 4.98. The van der Waals surface area contributed by atoms with Gasteiger partial charge in [0.2, 0.25) is 0 Å². The molecule has 1 rings (SSSR count). The lowest BCUT2D eigenvalue weighted by Crippen LogP contribution is -1.73. The minimum atomic E-state index is -0.0897. The highest BCUT2D eigenvalue weighted by molar-refractivity contribution is 6.31. The summed E-state index contributed by atoms with van der Waals surface area (Å²) in [6.07, 6.45) is 0. The van der Waals surface area contributed by atoms with Crippen LogP contribution in [0.3, 0.4) is 0 Å². The topological polar surface area (TPSA) is 33.4 Å². The maximum atomic E-state index is 8.52. The first kappa shape index (κ1) is 6.65. The number of furan rings is 1. The fourth-order valence-corrected chi connectivity index (χ4v) is 0.756. The Balaban J connectivity index is 2.98. The molecule has 0 saturated carbocycles. The Morgan fingerprint density at radius 1 is 1.78 bits per heavy atom. The summed E-state index contributed by atoms with van der Waals surface area (Å²) >= 11 is 5.60. The van der Waals surface area contributed by atoms with Gasteiger partial charge in [0.15, 0.2) is 0 Å². The van der Waals surface area contributed by atoms with Crippen LogP contribution >= 0.6 is 11.6 Å². The van der Waals surface area contributed by atoms with E-state index >= 15 is 0 Å². The second kappa shape index (κ2) is 2.42. The van der Waals surface area contributed by atoms with Gasteiger partial charge in [0.05, 0.1) is 5.02 Å². The molecule has 9 heavy (non-hydrogen) atoms. The van der Waals surface area contributed by atoms with Crippen molar-refractivity contribution in [2.24, 2.45) is 0 Å². The van der Waals surface area contributed by atoms with Gasteiger partial charge in [-0.2, -0.15) is 0 Å².